The van der Waals surface area contributed by atoms with Crippen molar-refractivity contribution in [3.8, 4) is 11.1 Å². The number of piperidine rings is 1. The van der Waals surface area contributed by atoms with Crippen molar-refractivity contribution in [2.45, 2.75) is 50.1 Å². The zero-order valence-corrected chi connectivity index (χ0v) is 19.8. The highest BCUT2D eigenvalue weighted by Crippen LogP contribution is 2.45. The van der Waals surface area contributed by atoms with Gasteiger partial charge in [0.15, 0.2) is 0 Å². The number of carbonyl (C=O) groups is 2. The smallest absolute Gasteiger partial charge is 0.410 e. The highest BCUT2D eigenvalue weighted by atomic mass is 19.1. The summed E-state index contributed by atoms with van der Waals surface area (Å²) in [7, 11) is 0. The molecule has 2 atom stereocenters. The van der Waals surface area contributed by atoms with Gasteiger partial charge in [-0.25, -0.2) is 13.6 Å². The number of amides is 1. The molecule has 3 aromatic rings. The van der Waals surface area contributed by atoms with Crippen molar-refractivity contribution in [2.24, 2.45) is 5.92 Å². The Morgan fingerprint density at radius 1 is 0.806 bits per heavy atom. The van der Waals surface area contributed by atoms with Gasteiger partial charge in [0, 0.05) is 35.9 Å². The average Bonchev–Trinajstić information content (AvgIpc) is 3.35. The van der Waals surface area contributed by atoms with E-state index < -0.39 is 11.6 Å². The highest BCUT2D eigenvalue weighted by Gasteiger charge is 2.46. The van der Waals surface area contributed by atoms with Crippen LogP contribution in [0.4, 0.5) is 13.6 Å². The van der Waals surface area contributed by atoms with E-state index in [0.29, 0.717) is 12.8 Å². The van der Waals surface area contributed by atoms with Gasteiger partial charge in [0.25, 0.3) is 0 Å². The van der Waals surface area contributed by atoms with Crippen LogP contribution < -0.4 is 0 Å². The standard InChI is InChI=1S/C30H27F2NO3/c31-27-10-5-11-28(32)25(27)16-29(34)18-14-19-12-13-20(15-18)33(19)30(35)36-17-26-23-8-3-1-6-21(23)22-7-2-4-9-24(22)26/h1-11,18-20,26H,12-17H2. The molecule has 1 aliphatic carbocycles. The first-order chi connectivity index (χ1) is 17.5. The number of fused-ring (bicyclic) bond motifs is 5. The zero-order valence-electron chi connectivity index (χ0n) is 19.8. The van der Waals surface area contributed by atoms with Crippen LogP contribution in [0.15, 0.2) is 66.7 Å². The van der Waals surface area contributed by atoms with Crippen molar-refractivity contribution < 1.29 is 23.1 Å². The summed E-state index contributed by atoms with van der Waals surface area (Å²) in [6, 6.07) is 19.9. The number of carbonyl (C=O) groups excluding carboxylic acids is 2. The van der Waals surface area contributed by atoms with E-state index in [0.717, 1.165) is 12.8 Å². The van der Waals surface area contributed by atoms with Gasteiger partial charge >= 0.3 is 6.09 Å². The number of Topliss-reactive ketones (excluding diaryl/α,β-unsaturated/α-hetero) is 1. The van der Waals surface area contributed by atoms with Gasteiger partial charge < -0.3 is 9.64 Å². The summed E-state index contributed by atoms with van der Waals surface area (Å²) >= 11 is 0. The summed E-state index contributed by atoms with van der Waals surface area (Å²) in [6.45, 7) is 0.262. The minimum absolute atomic E-state index is 0.00575. The van der Waals surface area contributed by atoms with E-state index in [1.807, 2.05) is 24.3 Å². The summed E-state index contributed by atoms with van der Waals surface area (Å²) in [5.74, 6) is -1.86. The lowest BCUT2D eigenvalue weighted by atomic mass is 9.85. The molecule has 6 rings (SSSR count). The first-order valence-corrected chi connectivity index (χ1v) is 12.6. The monoisotopic (exact) mass is 487 g/mol. The minimum atomic E-state index is -0.692. The first kappa shape index (κ1) is 22.9. The number of nitrogens with zero attached hydrogens (tertiary/aromatic N) is 1. The van der Waals surface area contributed by atoms with Crippen molar-refractivity contribution >= 4 is 11.9 Å². The quantitative estimate of drug-likeness (QED) is 0.426. The normalized spacial score (nSPS) is 22.3. The van der Waals surface area contributed by atoms with Gasteiger partial charge in [0.05, 0.1) is 0 Å². The van der Waals surface area contributed by atoms with E-state index >= 15 is 0 Å². The average molecular weight is 488 g/mol. The summed E-state index contributed by atoms with van der Waals surface area (Å²) < 4.78 is 34.0. The van der Waals surface area contributed by atoms with Gasteiger partial charge in [-0.3, -0.25) is 4.79 Å². The van der Waals surface area contributed by atoms with Crippen LogP contribution in [-0.2, 0) is 16.0 Å². The van der Waals surface area contributed by atoms with Crippen molar-refractivity contribution in [1.29, 1.82) is 0 Å². The first-order valence-electron chi connectivity index (χ1n) is 12.6. The molecule has 2 unspecified atom stereocenters. The van der Waals surface area contributed by atoms with Gasteiger partial charge in [-0.15, -0.1) is 0 Å². The summed E-state index contributed by atoms with van der Waals surface area (Å²) in [5, 5.41) is 0. The van der Waals surface area contributed by atoms with Crippen molar-refractivity contribution in [3.05, 3.63) is 95.1 Å². The van der Waals surface area contributed by atoms with E-state index in [1.54, 1.807) is 4.90 Å². The fourth-order valence-corrected chi connectivity index (χ4v) is 6.43. The van der Waals surface area contributed by atoms with Crippen molar-refractivity contribution in [1.82, 2.24) is 4.90 Å². The number of hydrogen-bond donors (Lipinski definition) is 0. The van der Waals surface area contributed by atoms with Gasteiger partial charge in [-0.1, -0.05) is 54.6 Å². The lowest BCUT2D eigenvalue weighted by Gasteiger charge is -2.37. The Morgan fingerprint density at radius 3 is 1.94 bits per heavy atom. The third-order valence-corrected chi connectivity index (χ3v) is 8.15. The Labute approximate surface area is 208 Å². The molecule has 0 aromatic heterocycles. The SMILES string of the molecule is O=C(Cc1c(F)cccc1F)C1CC2CCC(C1)N2C(=O)OCC1c2ccccc2-c2ccccc21. The van der Waals surface area contributed by atoms with Crippen molar-refractivity contribution in [3.63, 3.8) is 0 Å². The van der Waals surface area contributed by atoms with E-state index in [-0.39, 0.29) is 54.4 Å². The minimum Gasteiger partial charge on any atom is -0.448 e. The molecule has 6 heteroatoms. The third kappa shape index (κ3) is 3.89. The van der Waals surface area contributed by atoms with Crippen LogP contribution in [-0.4, -0.2) is 35.5 Å². The van der Waals surface area contributed by atoms with Crippen LogP contribution in [0.5, 0.6) is 0 Å². The predicted molar refractivity (Wildman–Crippen MR) is 132 cm³/mol. The van der Waals surface area contributed by atoms with Crippen LogP contribution in [0.25, 0.3) is 11.1 Å². The molecule has 0 N–H and O–H groups in total. The molecule has 3 aliphatic rings. The topological polar surface area (TPSA) is 46.6 Å². The second kappa shape index (κ2) is 9.16. The van der Waals surface area contributed by atoms with E-state index in [4.69, 9.17) is 4.74 Å². The van der Waals surface area contributed by atoms with E-state index in [2.05, 4.69) is 24.3 Å². The largest absolute Gasteiger partial charge is 0.448 e. The maximum atomic E-state index is 14.0. The molecule has 2 aliphatic heterocycles. The molecular weight excluding hydrogens is 460 g/mol. The Morgan fingerprint density at radius 2 is 1.36 bits per heavy atom. The van der Waals surface area contributed by atoms with Gasteiger partial charge in [0.2, 0.25) is 0 Å². The number of ketones is 1. The lowest BCUT2D eigenvalue weighted by Crippen LogP contribution is -2.48. The van der Waals surface area contributed by atoms with Crippen LogP contribution in [0, 0.1) is 17.6 Å². The second-order valence-corrected chi connectivity index (χ2v) is 10.1. The fraction of sp³-hybridized carbons (Fsp3) is 0.333. The number of halogens is 2. The zero-order chi connectivity index (χ0) is 24.8. The van der Waals surface area contributed by atoms with E-state index in [1.165, 1.54) is 40.5 Å². The van der Waals surface area contributed by atoms with Crippen LogP contribution >= 0.6 is 0 Å². The molecule has 2 fully saturated rings. The summed E-state index contributed by atoms with van der Waals surface area (Å²) in [4.78, 5) is 28.0. The maximum absolute atomic E-state index is 14.0. The second-order valence-electron chi connectivity index (χ2n) is 10.1. The third-order valence-electron chi connectivity index (χ3n) is 8.15. The molecule has 36 heavy (non-hydrogen) atoms. The number of benzene rings is 3. The highest BCUT2D eigenvalue weighted by molar-refractivity contribution is 5.84. The summed E-state index contributed by atoms with van der Waals surface area (Å²) in [5.41, 5.74) is 4.52. The predicted octanol–water partition coefficient (Wildman–Crippen LogP) is 6.27. The maximum Gasteiger partial charge on any atom is 0.410 e. The molecule has 0 radical (unpaired) electrons. The lowest BCUT2D eigenvalue weighted by molar-refractivity contribution is -0.124. The fourth-order valence-electron chi connectivity index (χ4n) is 6.43. The molecule has 184 valence electrons. The molecule has 1 amide bonds. The van der Waals surface area contributed by atoms with Crippen LogP contribution in [0.3, 0.4) is 0 Å². The van der Waals surface area contributed by atoms with Gasteiger partial charge in [0.1, 0.15) is 24.0 Å². The number of ether oxygens (including phenoxy) is 1. The van der Waals surface area contributed by atoms with Crippen LogP contribution in [0.2, 0.25) is 0 Å². The number of hydrogen-bond acceptors (Lipinski definition) is 3. The molecule has 2 heterocycles. The molecule has 0 spiro atoms. The Kier molecular flexibility index (Phi) is 5.82. The van der Waals surface area contributed by atoms with Gasteiger partial charge in [-0.05, 0) is 60.1 Å². The van der Waals surface area contributed by atoms with Crippen LogP contribution in [0.1, 0.15) is 48.3 Å². The van der Waals surface area contributed by atoms with E-state index in [9.17, 15) is 18.4 Å². The van der Waals surface area contributed by atoms with Crippen molar-refractivity contribution in [2.75, 3.05) is 6.61 Å². The Balaban J connectivity index is 1.12. The summed E-state index contributed by atoms with van der Waals surface area (Å²) in [6.07, 6.45) is 2.05. The molecule has 2 bridgehead atoms. The molecule has 4 nitrogen and oxygen atoms in total. The molecule has 2 saturated heterocycles. The number of rotatable bonds is 5. The molecular formula is C30H27F2NO3. The molecule has 0 saturated carbocycles. The van der Waals surface area contributed by atoms with Gasteiger partial charge in [-0.2, -0.15) is 0 Å². The molecule has 3 aromatic carbocycles. The Bertz CT molecular complexity index is 1260. The Hall–Kier alpha value is -3.54.